The third-order valence-corrected chi connectivity index (χ3v) is 3.83. The summed E-state index contributed by atoms with van der Waals surface area (Å²) in [5.74, 6) is 0. The maximum absolute atomic E-state index is 4.25. The number of nitrogens with zero attached hydrogens (tertiary/aromatic N) is 3. The van der Waals surface area contributed by atoms with Crippen molar-refractivity contribution in [2.24, 2.45) is 0 Å². The molecule has 4 heterocycles. The van der Waals surface area contributed by atoms with Gasteiger partial charge in [0, 0.05) is 40.7 Å². The first kappa shape index (κ1) is 10.5. The van der Waals surface area contributed by atoms with Crippen LogP contribution in [0.1, 0.15) is 0 Å². The first-order valence-electron chi connectivity index (χ1n) is 5.91. The summed E-state index contributed by atoms with van der Waals surface area (Å²) < 4.78 is 2.01. The second kappa shape index (κ2) is 4.07. The lowest BCUT2D eigenvalue weighted by atomic mass is 10.1. The van der Waals surface area contributed by atoms with Crippen LogP contribution in [0.3, 0.4) is 0 Å². The Morgan fingerprint density at radius 3 is 3.05 bits per heavy atom. The summed E-state index contributed by atoms with van der Waals surface area (Å²) in [6, 6.07) is 6.18. The smallest absolute Gasteiger partial charge is 0.136 e. The van der Waals surface area contributed by atoms with Gasteiger partial charge in [-0.05, 0) is 23.6 Å². The normalized spacial score (nSPS) is 11.2. The van der Waals surface area contributed by atoms with Crippen LogP contribution in [0.15, 0.2) is 53.7 Å². The molecule has 5 heteroatoms. The van der Waals surface area contributed by atoms with E-state index in [9.17, 15) is 0 Å². The van der Waals surface area contributed by atoms with Crippen LogP contribution in [0.25, 0.3) is 28.0 Å². The van der Waals surface area contributed by atoms with E-state index < -0.39 is 0 Å². The Bertz CT molecular complexity index is 826. The van der Waals surface area contributed by atoms with E-state index in [4.69, 9.17) is 0 Å². The first-order valence-corrected chi connectivity index (χ1v) is 6.85. The number of H-pyrrole nitrogens is 1. The molecule has 0 bridgehead atoms. The van der Waals surface area contributed by atoms with Gasteiger partial charge >= 0.3 is 0 Å². The van der Waals surface area contributed by atoms with Crippen LogP contribution in [0.4, 0.5) is 0 Å². The van der Waals surface area contributed by atoms with E-state index in [0.29, 0.717) is 0 Å². The number of imidazole rings is 1. The Morgan fingerprint density at radius 1 is 1.16 bits per heavy atom. The highest BCUT2D eigenvalue weighted by Crippen LogP contribution is 2.31. The number of pyridine rings is 1. The predicted octanol–water partition coefficient (Wildman–Crippen LogP) is 3.45. The van der Waals surface area contributed by atoms with Crippen LogP contribution < -0.4 is 0 Å². The molecule has 1 N–H and O–H groups in total. The lowest BCUT2D eigenvalue weighted by molar-refractivity contribution is 1.10. The van der Waals surface area contributed by atoms with E-state index in [1.165, 1.54) is 5.56 Å². The summed E-state index contributed by atoms with van der Waals surface area (Å²) >= 11 is 1.68. The molecule has 0 saturated carbocycles. The SMILES string of the molecule is c1cn2cc(-c3cn[nH]c3-c3ccsc3)ccc2n1. The molecule has 0 spiro atoms. The lowest BCUT2D eigenvalue weighted by Crippen LogP contribution is -1.86. The molecule has 92 valence electrons. The van der Waals surface area contributed by atoms with Crippen LogP contribution in [-0.2, 0) is 0 Å². The molecule has 0 aromatic carbocycles. The Balaban J connectivity index is 1.90. The molecule has 0 saturated heterocycles. The maximum Gasteiger partial charge on any atom is 0.136 e. The van der Waals surface area contributed by atoms with Gasteiger partial charge in [-0.1, -0.05) is 0 Å². The third-order valence-electron chi connectivity index (χ3n) is 3.15. The van der Waals surface area contributed by atoms with Gasteiger partial charge < -0.3 is 4.40 Å². The molecule has 4 rings (SSSR count). The van der Waals surface area contributed by atoms with Gasteiger partial charge in [-0.3, -0.25) is 5.10 Å². The summed E-state index contributed by atoms with van der Waals surface area (Å²) in [6.07, 6.45) is 7.69. The Labute approximate surface area is 113 Å². The molecule has 0 atom stereocenters. The van der Waals surface area contributed by atoms with Gasteiger partial charge in [-0.25, -0.2) is 4.98 Å². The quantitative estimate of drug-likeness (QED) is 0.604. The first-order chi connectivity index (χ1) is 9.42. The molecule has 0 radical (unpaired) electrons. The molecular formula is C14H10N4S. The van der Waals surface area contributed by atoms with Crippen molar-refractivity contribution >= 4 is 17.0 Å². The minimum absolute atomic E-state index is 0.948. The molecule has 0 aliphatic rings. The van der Waals surface area contributed by atoms with Gasteiger partial charge in [0.2, 0.25) is 0 Å². The second-order valence-corrected chi connectivity index (χ2v) is 5.06. The molecular weight excluding hydrogens is 256 g/mol. The number of hydrogen-bond acceptors (Lipinski definition) is 3. The monoisotopic (exact) mass is 266 g/mol. The largest absolute Gasteiger partial charge is 0.306 e. The third kappa shape index (κ3) is 1.67. The minimum atomic E-state index is 0.948. The fourth-order valence-electron chi connectivity index (χ4n) is 2.21. The van der Waals surface area contributed by atoms with Crippen LogP contribution in [0, 0.1) is 0 Å². The zero-order valence-electron chi connectivity index (χ0n) is 9.95. The zero-order chi connectivity index (χ0) is 12.7. The van der Waals surface area contributed by atoms with Crippen LogP contribution in [0.2, 0.25) is 0 Å². The molecule has 0 amide bonds. The molecule has 0 aliphatic heterocycles. The molecule has 4 nitrogen and oxygen atoms in total. The van der Waals surface area contributed by atoms with Crippen molar-refractivity contribution in [2.75, 3.05) is 0 Å². The Kier molecular flexibility index (Phi) is 2.25. The molecule has 0 unspecified atom stereocenters. The van der Waals surface area contributed by atoms with Gasteiger partial charge in [0.15, 0.2) is 0 Å². The van der Waals surface area contributed by atoms with Crippen molar-refractivity contribution in [1.29, 1.82) is 0 Å². The summed E-state index contributed by atoms with van der Waals surface area (Å²) in [5.41, 5.74) is 5.41. The van der Waals surface area contributed by atoms with E-state index in [1.807, 2.05) is 22.9 Å². The number of aromatic amines is 1. The molecule has 19 heavy (non-hydrogen) atoms. The van der Waals surface area contributed by atoms with E-state index in [-0.39, 0.29) is 0 Å². The number of aromatic nitrogens is 4. The van der Waals surface area contributed by atoms with E-state index in [2.05, 4.69) is 44.3 Å². The Morgan fingerprint density at radius 2 is 2.16 bits per heavy atom. The van der Waals surface area contributed by atoms with Crippen molar-refractivity contribution in [3.63, 3.8) is 0 Å². The minimum Gasteiger partial charge on any atom is -0.306 e. The van der Waals surface area contributed by atoms with E-state index in [1.54, 1.807) is 17.5 Å². The molecule has 4 aromatic rings. The van der Waals surface area contributed by atoms with Crippen molar-refractivity contribution in [1.82, 2.24) is 19.6 Å². The van der Waals surface area contributed by atoms with E-state index >= 15 is 0 Å². The molecule has 0 fully saturated rings. The number of nitrogens with one attached hydrogen (secondary N) is 1. The van der Waals surface area contributed by atoms with Crippen LogP contribution in [0.5, 0.6) is 0 Å². The number of thiophene rings is 1. The fraction of sp³-hybridized carbons (Fsp3) is 0. The maximum atomic E-state index is 4.25. The Hall–Kier alpha value is -2.40. The van der Waals surface area contributed by atoms with Gasteiger partial charge in [0.05, 0.1) is 11.9 Å². The highest BCUT2D eigenvalue weighted by atomic mass is 32.1. The predicted molar refractivity (Wildman–Crippen MR) is 76.1 cm³/mol. The topological polar surface area (TPSA) is 46.0 Å². The summed E-state index contributed by atoms with van der Waals surface area (Å²) in [7, 11) is 0. The molecule has 0 aliphatic carbocycles. The van der Waals surface area contributed by atoms with Gasteiger partial charge in [-0.2, -0.15) is 16.4 Å². The second-order valence-electron chi connectivity index (χ2n) is 4.28. The summed E-state index contributed by atoms with van der Waals surface area (Å²) in [5, 5.41) is 11.4. The average Bonchev–Trinajstić information content (AvgIpc) is 3.18. The van der Waals surface area contributed by atoms with Crippen LogP contribution in [-0.4, -0.2) is 19.6 Å². The highest BCUT2D eigenvalue weighted by Gasteiger charge is 2.10. The van der Waals surface area contributed by atoms with Gasteiger partial charge in [-0.15, -0.1) is 0 Å². The summed E-state index contributed by atoms with van der Waals surface area (Å²) in [6.45, 7) is 0. The van der Waals surface area contributed by atoms with Crippen LogP contribution >= 0.6 is 11.3 Å². The highest BCUT2D eigenvalue weighted by molar-refractivity contribution is 7.08. The fourth-order valence-corrected chi connectivity index (χ4v) is 2.86. The lowest BCUT2D eigenvalue weighted by Gasteiger charge is -2.03. The van der Waals surface area contributed by atoms with Crippen molar-refractivity contribution in [2.45, 2.75) is 0 Å². The molecule has 4 aromatic heterocycles. The standard InChI is InChI=1S/C14H10N4S/c1-2-13-15-4-5-18(13)8-10(1)12-7-16-17-14(12)11-3-6-19-9-11/h1-9H,(H,16,17). The zero-order valence-corrected chi connectivity index (χ0v) is 10.8. The van der Waals surface area contributed by atoms with Crippen molar-refractivity contribution in [3.05, 3.63) is 53.7 Å². The van der Waals surface area contributed by atoms with Crippen molar-refractivity contribution in [3.8, 4) is 22.4 Å². The average molecular weight is 266 g/mol. The number of rotatable bonds is 2. The van der Waals surface area contributed by atoms with Gasteiger partial charge in [0.25, 0.3) is 0 Å². The summed E-state index contributed by atoms with van der Waals surface area (Å²) in [4.78, 5) is 4.25. The number of hydrogen-bond donors (Lipinski definition) is 1. The van der Waals surface area contributed by atoms with E-state index in [0.717, 1.165) is 22.5 Å². The van der Waals surface area contributed by atoms with Gasteiger partial charge in [0.1, 0.15) is 5.65 Å². The van der Waals surface area contributed by atoms with Crippen molar-refractivity contribution < 1.29 is 0 Å². The number of fused-ring (bicyclic) bond motifs is 1.